The zero-order valence-corrected chi connectivity index (χ0v) is 18.3. The minimum absolute atomic E-state index is 1.09. The number of hydrogen-bond acceptors (Lipinski definition) is 2. The number of benzene rings is 5. The molecule has 0 radical (unpaired) electrons. The Morgan fingerprint density at radius 2 is 1.00 bits per heavy atom. The third kappa shape index (κ3) is 2.37. The molecular weight excluding hydrogens is 416 g/mol. The number of para-hydroxylation sites is 3. The molecule has 3 N–H and O–H groups in total. The van der Waals surface area contributed by atoms with Gasteiger partial charge in [-0.15, -0.1) is 0 Å². The molecule has 0 spiro atoms. The van der Waals surface area contributed by atoms with Crippen molar-refractivity contribution in [2.24, 2.45) is 0 Å². The van der Waals surface area contributed by atoms with Crippen LogP contribution in [0.25, 0.3) is 43.6 Å². The van der Waals surface area contributed by atoms with Crippen molar-refractivity contribution in [1.82, 2.24) is 9.97 Å². The Hall–Kier alpha value is -4.70. The van der Waals surface area contributed by atoms with Gasteiger partial charge in [0, 0.05) is 49.3 Å². The van der Waals surface area contributed by atoms with Crippen LogP contribution >= 0.6 is 0 Å². The first kappa shape index (κ1) is 17.8. The van der Waals surface area contributed by atoms with Gasteiger partial charge < -0.3 is 20.2 Å². The molecule has 0 saturated heterocycles. The van der Waals surface area contributed by atoms with Gasteiger partial charge in [-0.25, -0.2) is 0 Å². The fraction of sp³-hybridized carbons (Fsp3) is 0. The second kappa shape index (κ2) is 6.42. The van der Waals surface area contributed by atoms with Gasteiger partial charge in [-0.3, -0.25) is 0 Å². The van der Waals surface area contributed by atoms with Crippen LogP contribution < -0.4 is 10.2 Å². The molecule has 7 aromatic rings. The van der Waals surface area contributed by atoms with Crippen LogP contribution in [-0.4, -0.2) is 9.97 Å². The van der Waals surface area contributed by atoms with Gasteiger partial charge in [0.25, 0.3) is 0 Å². The number of nitrogens with zero attached hydrogens (tertiary/aromatic N) is 1. The highest BCUT2D eigenvalue weighted by Crippen LogP contribution is 2.51. The number of hydrogen-bond donors (Lipinski definition) is 3. The summed E-state index contributed by atoms with van der Waals surface area (Å²) in [5.41, 5.74) is 10.2. The normalized spacial score (nSPS) is 12.9. The van der Waals surface area contributed by atoms with Crippen LogP contribution in [0, 0.1) is 0 Å². The number of aromatic amines is 2. The quantitative estimate of drug-likeness (QED) is 0.242. The highest BCUT2D eigenvalue weighted by atomic mass is 15.2. The third-order valence-corrected chi connectivity index (χ3v) is 7.01. The average Bonchev–Trinajstić information content (AvgIpc) is 3.42. The van der Waals surface area contributed by atoms with Crippen molar-refractivity contribution >= 4 is 72.0 Å². The smallest absolute Gasteiger partial charge is 0.0718 e. The molecule has 1 aliphatic heterocycles. The Balaban J connectivity index is 1.45. The molecule has 34 heavy (non-hydrogen) atoms. The summed E-state index contributed by atoms with van der Waals surface area (Å²) in [4.78, 5) is 9.58. The second-order valence-electron chi connectivity index (χ2n) is 8.97. The van der Waals surface area contributed by atoms with Crippen molar-refractivity contribution in [2.45, 2.75) is 0 Å². The van der Waals surface area contributed by atoms with E-state index in [0.29, 0.717) is 0 Å². The maximum atomic E-state index is 3.75. The monoisotopic (exact) mass is 436 g/mol. The predicted molar refractivity (Wildman–Crippen MR) is 143 cm³/mol. The molecule has 0 fully saturated rings. The molecular formula is C30H20N4. The molecule has 0 unspecified atom stereocenters. The lowest BCUT2D eigenvalue weighted by atomic mass is 10.0. The lowest BCUT2D eigenvalue weighted by Crippen LogP contribution is -2.17. The minimum Gasteiger partial charge on any atom is -0.354 e. The zero-order valence-electron chi connectivity index (χ0n) is 18.3. The Morgan fingerprint density at radius 3 is 1.74 bits per heavy atom. The van der Waals surface area contributed by atoms with Gasteiger partial charge in [-0.05, 0) is 48.5 Å². The van der Waals surface area contributed by atoms with Crippen LogP contribution in [0.2, 0.25) is 0 Å². The van der Waals surface area contributed by atoms with E-state index in [0.717, 1.165) is 50.5 Å². The number of rotatable bonds is 1. The molecule has 4 nitrogen and oxygen atoms in total. The molecule has 8 rings (SSSR count). The lowest BCUT2D eigenvalue weighted by Gasteiger charge is -2.34. The van der Waals surface area contributed by atoms with Gasteiger partial charge in [-0.1, -0.05) is 54.6 Å². The van der Waals surface area contributed by atoms with Gasteiger partial charge in [0.05, 0.1) is 22.7 Å². The molecule has 2 aromatic heterocycles. The molecule has 0 saturated carbocycles. The molecule has 0 amide bonds. The van der Waals surface area contributed by atoms with Gasteiger partial charge in [0.1, 0.15) is 0 Å². The summed E-state index contributed by atoms with van der Waals surface area (Å²) in [5, 5.41) is 8.69. The van der Waals surface area contributed by atoms with Gasteiger partial charge >= 0.3 is 0 Å². The van der Waals surface area contributed by atoms with Crippen LogP contribution in [0.5, 0.6) is 0 Å². The fourth-order valence-corrected chi connectivity index (χ4v) is 5.47. The molecule has 4 heteroatoms. The van der Waals surface area contributed by atoms with Crippen LogP contribution in [-0.2, 0) is 0 Å². The lowest BCUT2D eigenvalue weighted by molar-refractivity contribution is 1.26. The SMILES string of the molecule is c1ccc(N2c3cc4[nH]c5ccccc5c4cc3Nc3cc4[nH]c5ccccc5c4cc32)cc1. The standard InChI is InChI=1S/C30H20N4/c1-2-8-18(9-3-1)34-29-15-22-20-11-5-7-13-24(20)31-25(22)16-28(29)33-27-14-21-19-10-4-6-12-23(19)32-26(21)17-30(27)34/h1-17,31-33H. The van der Waals surface area contributed by atoms with Gasteiger partial charge in [-0.2, -0.15) is 0 Å². The number of nitrogens with one attached hydrogen (secondary N) is 3. The summed E-state index contributed by atoms with van der Waals surface area (Å²) in [6.45, 7) is 0. The van der Waals surface area contributed by atoms with E-state index in [2.05, 4.69) is 123 Å². The molecule has 1 aliphatic rings. The second-order valence-corrected chi connectivity index (χ2v) is 8.97. The fourth-order valence-electron chi connectivity index (χ4n) is 5.47. The maximum absolute atomic E-state index is 3.75. The Bertz CT molecular complexity index is 1890. The van der Waals surface area contributed by atoms with Crippen LogP contribution in [0.15, 0.2) is 103 Å². The van der Waals surface area contributed by atoms with E-state index in [1.54, 1.807) is 0 Å². The molecule has 0 bridgehead atoms. The van der Waals surface area contributed by atoms with E-state index >= 15 is 0 Å². The molecule has 5 aromatic carbocycles. The summed E-state index contributed by atoms with van der Waals surface area (Å²) in [6.07, 6.45) is 0. The number of anilines is 5. The van der Waals surface area contributed by atoms with Crippen molar-refractivity contribution in [1.29, 1.82) is 0 Å². The van der Waals surface area contributed by atoms with E-state index in [-0.39, 0.29) is 0 Å². The topological polar surface area (TPSA) is 46.9 Å². The maximum Gasteiger partial charge on any atom is 0.0718 e. The van der Waals surface area contributed by atoms with Crippen molar-refractivity contribution in [3.05, 3.63) is 103 Å². The van der Waals surface area contributed by atoms with E-state index in [9.17, 15) is 0 Å². The average molecular weight is 437 g/mol. The Morgan fingerprint density at radius 1 is 0.441 bits per heavy atom. The van der Waals surface area contributed by atoms with Gasteiger partial charge in [0.2, 0.25) is 0 Å². The summed E-state index contributed by atoms with van der Waals surface area (Å²) in [7, 11) is 0. The first-order chi connectivity index (χ1) is 16.8. The highest BCUT2D eigenvalue weighted by molar-refractivity contribution is 6.15. The summed E-state index contributed by atoms with van der Waals surface area (Å²) in [6, 6.07) is 36.7. The number of aromatic nitrogens is 2. The first-order valence-corrected chi connectivity index (χ1v) is 11.5. The Kier molecular flexibility index (Phi) is 3.36. The number of fused-ring (bicyclic) bond motifs is 8. The van der Waals surface area contributed by atoms with E-state index in [1.807, 2.05) is 0 Å². The molecule has 3 heterocycles. The van der Waals surface area contributed by atoms with Crippen molar-refractivity contribution in [2.75, 3.05) is 10.2 Å². The van der Waals surface area contributed by atoms with Crippen molar-refractivity contribution in [3.63, 3.8) is 0 Å². The molecule has 0 atom stereocenters. The first-order valence-electron chi connectivity index (χ1n) is 11.5. The molecule has 0 aliphatic carbocycles. The predicted octanol–water partition coefficient (Wildman–Crippen LogP) is 8.48. The van der Waals surface area contributed by atoms with E-state index in [4.69, 9.17) is 0 Å². The largest absolute Gasteiger partial charge is 0.354 e. The van der Waals surface area contributed by atoms with Crippen LogP contribution in [0.1, 0.15) is 0 Å². The highest BCUT2D eigenvalue weighted by Gasteiger charge is 2.26. The van der Waals surface area contributed by atoms with Crippen LogP contribution in [0.3, 0.4) is 0 Å². The summed E-state index contributed by atoms with van der Waals surface area (Å²) in [5.74, 6) is 0. The zero-order chi connectivity index (χ0) is 22.2. The Labute approximate surface area is 195 Å². The van der Waals surface area contributed by atoms with Crippen molar-refractivity contribution < 1.29 is 0 Å². The van der Waals surface area contributed by atoms with Crippen molar-refractivity contribution in [3.8, 4) is 0 Å². The van der Waals surface area contributed by atoms with E-state index < -0.39 is 0 Å². The minimum atomic E-state index is 1.09. The summed E-state index contributed by atoms with van der Waals surface area (Å²) < 4.78 is 0. The molecule has 160 valence electrons. The third-order valence-electron chi connectivity index (χ3n) is 7.01. The van der Waals surface area contributed by atoms with Gasteiger partial charge in [0.15, 0.2) is 0 Å². The van der Waals surface area contributed by atoms with Crippen LogP contribution in [0.4, 0.5) is 28.4 Å². The number of H-pyrrole nitrogens is 2. The summed E-state index contributed by atoms with van der Waals surface area (Å²) >= 11 is 0. The van der Waals surface area contributed by atoms with E-state index in [1.165, 1.54) is 21.5 Å².